The molecule has 0 spiro atoms. The summed E-state index contributed by atoms with van der Waals surface area (Å²) in [5.74, 6) is 0. The largest absolute Gasteiger partial charge is 0.381 e. The number of fused-ring (bicyclic) bond motifs is 1. The number of nitrogens with one attached hydrogen (secondary N) is 1. The molecule has 1 nitrogen and oxygen atoms in total. The van der Waals surface area contributed by atoms with Gasteiger partial charge in [-0.1, -0.05) is 42.5 Å². The average Bonchev–Trinajstić information content (AvgIpc) is 2.26. The Morgan fingerprint density at radius 1 is 1.13 bits per heavy atom. The first-order chi connectivity index (χ1) is 7.25. The number of hydrogen-bond acceptors (Lipinski definition) is 1. The third-order valence-electron chi connectivity index (χ3n) is 2.34. The second kappa shape index (κ2) is 4.18. The molecule has 0 unspecified atom stereocenters. The Bertz CT molecular complexity index is 485. The van der Waals surface area contributed by atoms with Crippen molar-refractivity contribution in [3.8, 4) is 0 Å². The van der Waals surface area contributed by atoms with Crippen LogP contribution in [0.15, 0.2) is 54.6 Å². The lowest BCUT2D eigenvalue weighted by molar-refractivity contribution is 1.22. The van der Waals surface area contributed by atoms with Crippen LogP contribution in [0.3, 0.4) is 0 Å². The molecule has 0 radical (unpaired) electrons. The van der Waals surface area contributed by atoms with Gasteiger partial charge < -0.3 is 5.32 Å². The Hall–Kier alpha value is -1.76. The minimum absolute atomic E-state index is 0.832. The standard InChI is InChI=1S/C14H15N/c1-11(2)10-15-14-8-7-12-5-3-4-6-13(12)9-14/h3-9,15H,1,10H2,2H3. The Morgan fingerprint density at radius 2 is 1.87 bits per heavy atom. The predicted molar refractivity (Wildman–Crippen MR) is 67.3 cm³/mol. The van der Waals surface area contributed by atoms with Gasteiger partial charge in [0, 0.05) is 12.2 Å². The normalized spacial score (nSPS) is 10.2. The topological polar surface area (TPSA) is 12.0 Å². The molecular formula is C14H15N. The summed E-state index contributed by atoms with van der Waals surface area (Å²) in [6, 6.07) is 14.8. The van der Waals surface area contributed by atoms with Gasteiger partial charge in [-0.15, -0.1) is 0 Å². The fourth-order valence-corrected chi connectivity index (χ4v) is 1.55. The molecule has 1 N–H and O–H groups in total. The fraction of sp³-hybridized carbons (Fsp3) is 0.143. The second-order valence-corrected chi connectivity index (χ2v) is 3.87. The van der Waals surface area contributed by atoms with Crippen LogP contribution >= 0.6 is 0 Å². The van der Waals surface area contributed by atoms with Crippen molar-refractivity contribution >= 4 is 16.5 Å². The molecule has 0 aromatic heterocycles. The van der Waals surface area contributed by atoms with Crippen LogP contribution in [0.1, 0.15) is 6.92 Å². The molecule has 0 heterocycles. The zero-order chi connectivity index (χ0) is 10.7. The van der Waals surface area contributed by atoms with Crippen molar-refractivity contribution in [2.75, 3.05) is 11.9 Å². The Kier molecular flexibility index (Phi) is 2.72. The highest BCUT2D eigenvalue weighted by Gasteiger charge is 1.94. The molecule has 2 aromatic carbocycles. The van der Waals surface area contributed by atoms with E-state index < -0.39 is 0 Å². The molecule has 0 saturated heterocycles. The van der Waals surface area contributed by atoms with Gasteiger partial charge in [-0.05, 0) is 29.8 Å². The van der Waals surface area contributed by atoms with Gasteiger partial charge in [-0.25, -0.2) is 0 Å². The summed E-state index contributed by atoms with van der Waals surface area (Å²) >= 11 is 0. The van der Waals surface area contributed by atoms with Crippen LogP contribution in [0.5, 0.6) is 0 Å². The van der Waals surface area contributed by atoms with Crippen molar-refractivity contribution in [3.63, 3.8) is 0 Å². The molecule has 76 valence electrons. The zero-order valence-corrected chi connectivity index (χ0v) is 8.96. The average molecular weight is 197 g/mol. The van der Waals surface area contributed by atoms with Crippen LogP contribution in [0, 0.1) is 0 Å². The predicted octanol–water partition coefficient (Wildman–Crippen LogP) is 3.83. The van der Waals surface area contributed by atoms with Gasteiger partial charge in [0.1, 0.15) is 0 Å². The minimum atomic E-state index is 0.832. The van der Waals surface area contributed by atoms with Crippen molar-refractivity contribution in [1.29, 1.82) is 0 Å². The summed E-state index contributed by atoms with van der Waals surface area (Å²) in [7, 11) is 0. The molecule has 0 atom stereocenters. The van der Waals surface area contributed by atoms with Crippen LogP contribution in [-0.4, -0.2) is 6.54 Å². The Balaban J connectivity index is 2.26. The fourth-order valence-electron chi connectivity index (χ4n) is 1.55. The van der Waals surface area contributed by atoms with Gasteiger partial charge in [0.05, 0.1) is 0 Å². The van der Waals surface area contributed by atoms with Crippen LogP contribution in [0.2, 0.25) is 0 Å². The van der Waals surface area contributed by atoms with Gasteiger partial charge in [0.15, 0.2) is 0 Å². The summed E-state index contributed by atoms with van der Waals surface area (Å²) in [6.07, 6.45) is 0. The molecule has 0 bridgehead atoms. The van der Waals surface area contributed by atoms with E-state index in [4.69, 9.17) is 0 Å². The maximum Gasteiger partial charge on any atom is 0.0354 e. The number of anilines is 1. The van der Waals surface area contributed by atoms with Crippen LogP contribution in [0.25, 0.3) is 10.8 Å². The number of benzene rings is 2. The second-order valence-electron chi connectivity index (χ2n) is 3.87. The molecule has 0 saturated carbocycles. The van der Waals surface area contributed by atoms with Gasteiger partial charge in [0.25, 0.3) is 0 Å². The maximum absolute atomic E-state index is 3.87. The molecule has 0 fully saturated rings. The van der Waals surface area contributed by atoms with Gasteiger partial charge >= 0.3 is 0 Å². The molecule has 0 aliphatic heterocycles. The third-order valence-corrected chi connectivity index (χ3v) is 2.34. The lowest BCUT2D eigenvalue weighted by Gasteiger charge is -2.06. The molecule has 2 aromatic rings. The smallest absolute Gasteiger partial charge is 0.0354 e. The van der Waals surface area contributed by atoms with Crippen molar-refractivity contribution in [3.05, 3.63) is 54.6 Å². The first-order valence-corrected chi connectivity index (χ1v) is 5.13. The molecular weight excluding hydrogens is 182 g/mol. The number of hydrogen-bond donors (Lipinski definition) is 1. The van der Waals surface area contributed by atoms with Crippen molar-refractivity contribution in [2.24, 2.45) is 0 Å². The highest BCUT2D eigenvalue weighted by molar-refractivity contribution is 5.85. The third kappa shape index (κ3) is 2.38. The molecule has 0 amide bonds. The van der Waals surface area contributed by atoms with Gasteiger partial charge in [0.2, 0.25) is 0 Å². The molecule has 0 aliphatic carbocycles. The number of rotatable bonds is 3. The summed E-state index contributed by atoms with van der Waals surface area (Å²) in [4.78, 5) is 0. The van der Waals surface area contributed by atoms with E-state index in [1.165, 1.54) is 10.8 Å². The first kappa shape index (κ1) is 9.78. The van der Waals surface area contributed by atoms with Crippen molar-refractivity contribution in [1.82, 2.24) is 0 Å². The summed E-state index contributed by atoms with van der Waals surface area (Å²) in [5.41, 5.74) is 2.29. The highest BCUT2D eigenvalue weighted by atomic mass is 14.9. The lowest BCUT2D eigenvalue weighted by Crippen LogP contribution is -2.01. The maximum atomic E-state index is 3.87. The van der Waals surface area contributed by atoms with E-state index in [9.17, 15) is 0 Å². The van der Waals surface area contributed by atoms with Gasteiger partial charge in [-0.3, -0.25) is 0 Å². The van der Waals surface area contributed by atoms with Crippen LogP contribution in [-0.2, 0) is 0 Å². The molecule has 2 rings (SSSR count). The molecule has 15 heavy (non-hydrogen) atoms. The minimum Gasteiger partial charge on any atom is -0.381 e. The van der Waals surface area contributed by atoms with Crippen molar-refractivity contribution in [2.45, 2.75) is 6.92 Å². The van der Waals surface area contributed by atoms with Crippen LogP contribution < -0.4 is 5.32 Å². The van der Waals surface area contributed by atoms with E-state index in [1.807, 2.05) is 6.92 Å². The summed E-state index contributed by atoms with van der Waals surface area (Å²) in [5, 5.41) is 5.88. The first-order valence-electron chi connectivity index (χ1n) is 5.13. The molecule has 0 aliphatic rings. The van der Waals surface area contributed by atoms with Crippen molar-refractivity contribution < 1.29 is 0 Å². The quantitative estimate of drug-likeness (QED) is 0.737. The van der Waals surface area contributed by atoms with E-state index in [0.717, 1.165) is 17.8 Å². The zero-order valence-electron chi connectivity index (χ0n) is 8.96. The lowest BCUT2D eigenvalue weighted by atomic mass is 10.1. The van der Waals surface area contributed by atoms with Gasteiger partial charge in [-0.2, -0.15) is 0 Å². The van der Waals surface area contributed by atoms with Crippen LogP contribution in [0.4, 0.5) is 5.69 Å². The molecule has 1 heteroatoms. The summed E-state index contributed by atoms with van der Waals surface area (Å²) < 4.78 is 0. The highest BCUT2D eigenvalue weighted by Crippen LogP contribution is 2.18. The summed E-state index contributed by atoms with van der Waals surface area (Å²) in [6.45, 7) is 6.72. The van der Waals surface area contributed by atoms with E-state index in [1.54, 1.807) is 0 Å². The van der Waals surface area contributed by atoms with E-state index in [2.05, 4.69) is 54.4 Å². The monoisotopic (exact) mass is 197 g/mol. The van der Waals surface area contributed by atoms with E-state index in [-0.39, 0.29) is 0 Å². The SMILES string of the molecule is C=C(C)CNc1ccc2ccccc2c1. The Morgan fingerprint density at radius 3 is 2.60 bits per heavy atom. The Labute approximate surface area is 90.4 Å². The van der Waals surface area contributed by atoms with E-state index >= 15 is 0 Å². The van der Waals surface area contributed by atoms with E-state index in [0.29, 0.717) is 0 Å².